The van der Waals surface area contributed by atoms with Crippen LogP contribution < -0.4 is 10.6 Å². The lowest BCUT2D eigenvalue weighted by Gasteiger charge is -2.42. The van der Waals surface area contributed by atoms with E-state index in [0.29, 0.717) is 6.04 Å². The van der Waals surface area contributed by atoms with Crippen molar-refractivity contribution in [3.05, 3.63) is 89.2 Å². The summed E-state index contributed by atoms with van der Waals surface area (Å²) in [6, 6.07) is 20.2. The highest BCUT2D eigenvalue weighted by Crippen LogP contribution is 2.51. The fraction of sp³-hybridized carbons (Fsp3) is 0.379. The van der Waals surface area contributed by atoms with Gasteiger partial charge in [-0.05, 0) is 66.2 Å². The van der Waals surface area contributed by atoms with Crippen molar-refractivity contribution in [3.8, 4) is 0 Å². The molecule has 34 heavy (non-hydrogen) atoms. The van der Waals surface area contributed by atoms with Crippen LogP contribution in [0.4, 0.5) is 5.82 Å². The number of fused-ring (bicyclic) bond motifs is 3. The largest absolute Gasteiger partial charge is 0.357 e. The minimum atomic E-state index is 0.148. The van der Waals surface area contributed by atoms with Crippen LogP contribution in [0.15, 0.2) is 67.0 Å². The highest BCUT2D eigenvalue weighted by Gasteiger charge is 2.45. The molecular weight excluding hydrogens is 418 g/mol. The van der Waals surface area contributed by atoms with Gasteiger partial charge in [-0.25, -0.2) is 4.98 Å². The van der Waals surface area contributed by atoms with Crippen molar-refractivity contribution in [1.29, 1.82) is 0 Å². The average Bonchev–Trinajstić information content (AvgIpc) is 3.43. The first-order valence-corrected chi connectivity index (χ1v) is 12.7. The van der Waals surface area contributed by atoms with Crippen LogP contribution in [0.25, 0.3) is 10.9 Å². The Morgan fingerprint density at radius 1 is 0.941 bits per heavy atom. The predicted molar refractivity (Wildman–Crippen MR) is 136 cm³/mol. The number of pyridine rings is 1. The monoisotopic (exact) mass is 449 g/mol. The van der Waals surface area contributed by atoms with Crippen molar-refractivity contribution >= 4 is 16.7 Å². The second-order valence-electron chi connectivity index (χ2n) is 10.5. The summed E-state index contributed by atoms with van der Waals surface area (Å²) in [7, 11) is 0. The molecule has 0 amide bonds. The summed E-state index contributed by atoms with van der Waals surface area (Å²) >= 11 is 0. The van der Waals surface area contributed by atoms with Crippen molar-refractivity contribution in [2.75, 3.05) is 18.0 Å². The first-order valence-electron chi connectivity index (χ1n) is 12.7. The molecule has 1 fully saturated rings. The number of aromatic nitrogens is 3. The summed E-state index contributed by atoms with van der Waals surface area (Å²) in [6.45, 7) is 1.99. The molecule has 7 rings (SSSR count). The normalized spacial score (nSPS) is 23.3. The number of piperidine rings is 1. The topological polar surface area (TPSA) is 60.0 Å². The molecule has 4 aromatic rings. The second-order valence-corrected chi connectivity index (χ2v) is 10.5. The Morgan fingerprint density at radius 2 is 1.71 bits per heavy atom. The van der Waals surface area contributed by atoms with Gasteiger partial charge in [0.05, 0.1) is 11.6 Å². The molecule has 1 spiro atoms. The van der Waals surface area contributed by atoms with Gasteiger partial charge >= 0.3 is 0 Å². The lowest BCUT2D eigenvalue weighted by molar-refractivity contribution is 0.187. The number of rotatable bonds is 2. The highest BCUT2D eigenvalue weighted by atomic mass is 15.3. The smallest absolute Gasteiger partial charge is 0.130 e. The molecule has 1 unspecified atom stereocenters. The Morgan fingerprint density at radius 3 is 2.53 bits per heavy atom. The summed E-state index contributed by atoms with van der Waals surface area (Å²) < 4.78 is 2.17. The van der Waals surface area contributed by atoms with Crippen LogP contribution in [-0.2, 0) is 12.8 Å². The first-order chi connectivity index (χ1) is 16.7. The minimum absolute atomic E-state index is 0.148. The fourth-order valence-electron chi connectivity index (χ4n) is 6.75. The molecule has 5 nitrogen and oxygen atoms in total. The third kappa shape index (κ3) is 3.10. The van der Waals surface area contributed by atoms with E-state index in [1.165, 1.54) is 35.1 Å². The third-order valence-corrected chi connectivity index (χ3v) is 8.72. The summed E-state index contributed by atoms with van der Waals surface area (Å²) in [5.74, 6) is 1.04. The molecular formula is C29H31N5. The zero-order valence-electron chi connectivity index (χ0n) is 19.5. The van der Waals surface area contributed by atoms with E-state index in [-0.39, 0.29) is 11.5 Å². The molecule has 1 aliphatic heterocycles. The van der Waals surface area contributed by atoms with Gasteiger partial charge in [0.25, 0.3) is 0 Å². The van der Waals surface area contributed by atoms with Crippen molar-refractivity contribution in [3.63, 3.8) is 0 Å². The Kier molecular flexibility index (Phi) is 4.56. The maximum Gasteiger partial charge on any atom is 0.130 e. The van der Waals surface area contributed by atoms with E-state index in [0.717, 1.165) is 55.5 Å². The van der Waals surface area contributed by atoms with Gasteiger partial charge in [0.15, 0.2) is 0 Å². The number of nitrogens with zero attached hydrogens (tertiary/aromatic N) is 4. The second kappa shape index (κ2) is 7.67. The van der Waals surface area contributed by atoms with Gasteiger partial charge in [-0.1, -0.05) is 48.5 Å². The number of anilines is 1. The molecule has 2 aromatic carbocycles. The standard InChI is InChI=1S/C29H31N5/c30-28-24-10-4-2-7-21(24)17-29(28)12-14-33(15-13-29)27-16-25-22(18-31-27)19-34(32-25)26-11-5-8-20-6-1-3-9-23(20)26/h1-4,6-7,9-10,16,18-19,26,28H,5,8,11-15,17,30H2/t26?,28-/m1/s1. The van der Waals surface area contributed by atoms with Gasteiger partial charge < -0.3 is 10.6 Å². The maximum atomic E-state index is 6.78. The van der Waals surface area contributed by atoms with Crippen LogP contribution in [0.1, 0.15) is 60.0 Å². The molecule has 172 valence electrons. The van der Waals surface area contributed by atoms with E-state index in [2.05, 4.69) is 70.4 Å². The quantitative estimate of drug-likeness (QED) is 0.457. The number of hydrogen-bond donors (Lipinski definition) is 1. The molecule has 0 saturated carbocycles. The van der Waals surface area contributed by atoms with E-state index in [1.54, 1.807) is 0 Å². The number of benzene rings is 2. The molecule has 1 saturated heterocycles. The van der Waals surface area contributed by atoms with Gasteiger partial charge in [-0.3, -0.25) is 4.68 Å². The number of hydrogen-bond acceptors (Lipinski definition) is 4. The van der Waals surface area contributed by atoms with Gasteiger partial charge in [0, 0.05) is 43.0 Å². The fourth-order valence-corrected chi connectivity index (χ4v) is 6.75. The molecule has 0 radical (unpaired) electrons. The zero-order valence-corrected chi connectivity index (χ0v) is 19.5. The molecule has 3 heterocycles. The van der Waals surface area contributed by atoms with E-state index >= 15 is 0 Å². The van der Waals surface area contributed by atoms with Crippen molar-refractivity contribution < 1.29 is 0 Å². The van der Waals surface area contributed by atoms with Crippen LogP contribution in [0.3, 0.4) is 0 Å². The van der Waals surface area contributed by atoms with Crippen LogP contribution >= 0.6 is 0 Å². The van der Waals surface area contributed by atoms with Crippen molar-refractivity contribution in [2.45, 2.75) is 50.6 Å². The third-order valence-electron chi connectivity index (χ3n) is 8.72. The van der Waals surface area contributed by atoms with E-state index in [9.17, 15) is 0 Å². The minimum Gasteiger partial charge on any atom is -0.357 e. The average molecular weight is 450 g/mol. The number of aryl methyl sites for hydroxylation is 1. The highest BCUT2D eigenvalue weighted by molar-refractivity contribution is 5.80. The lowest BCUT2D eigenvalue weighted by atomic mass is 9.73. The summed E-state index contributed by atoms with van der Waals surface area (Å²) in [5, 5.41) is 6.15. The Labute approximate surface area is 200 Å². The SMILES string of the molecule is N[C@@H]1c2ccccc2CC12CCN(c1cc3nn(C4CCCc5ccccc54)cc3cn1)CC2. The molecule has 0 bridgehead atoms. The maximum absolute atomic E-state index is 6.78. The van der Waals surface area contributed by atoms with Gasteiger partial charge in [-0.15, -0.1) is 0 Å². The molecule has 3 aliphatic rings. The Hall–Kier alpha value is -3.18. The number of nitrogens with two attached hydrogens (primary N) is 1. The van der Waals surface area contributed by atoms with E-state index < -0.39 is 0 Å². The molecule has 2 aliphatic carbocycles. The van der Waals surface area contributed by atoms with Crippen LogP contribution in [0.5, 0.6) is 0 Å². The van der Waals surface area contributed by atoms with Crippen molar-refractivity contribution in [2.24, 2.45) is 11.1 Å². The molecule has 2 aromatic heterocycles. The molecule has 5 heteroatoms. The van der Waals surface area contributed by atoms with Crippen LogP contribution in [-0.4, -0.2) is 27.9 Å². The Balaban J connectivity index is 1.12. The zero-order chi connectivity index (χ0) is 22.7. The molecule has 2 N–H and O–H groups in total. The van der Waals surface area contributed by atoms with Gasteiger partial charge in [-0.2, -0.15) is 5.10 Å². The summed E-state index contributed by atoms with van der Waals surface area (Å²) in [4.78, 5) is 7.27. The first kappa shape index (κ1) is 20.2. The van der Waals surface area contributed by atoms with Crippen molar-refractivity contribution in [1.82, 2.24) is 14.8 Å². The predicted octanol–water partition coefficient (Wildman–Crippen LogP) is 5.20. The van der Waals surface area contributed by atoms with Crippen LogP contribution in [0.2, 0.25) is 0 Å². The Bertz CT molecular complexity index is 1360. The lowest BCUT2D eigenvalue weighted by Crippen LogP contribution is -2.44. The van der Waals surface area contributed by atoms with Gasteiger partial charge in [0.1, 0.15) is 5.82 Å². The van der Waals surface area contributed by atoms with Crippen LogP contribution in [0, 0.1) is 5.41 Å². The summed E-state index contributed by atoms with van der Waals surface area (Å²) in [5.41, 5.74) is 13.7. The van der Waals surface area contributed by atoms with E-state index in [4.69, 9.17) is 15.8 Å². The summed E-state index contributed by atoms with van der Waals surface area (Å²) in [6.07, 6.45) is 11.0. The van der Waals surface area contributed by atoms with Gasteiger partial charge in [0.2, 0.25) is 0 Å². The molecule has 2 atom stereocenters. The van der Waals surface area contributed by atoms with E-state index in [1.807, 2.05) is 6.20 Å².